The second kappa shape index (κ2) is 13.7. The molecule has 0 fully saturated rings. The number of amides is 3. The Hall–Kier alpha value is -3.02. The molecule has 0 aliphatic heterocycles. The van der Waals surface area contributed by atoms with Crippen LogP contribution in [0.25, 0.3) is 0 Å². The molecule has 0 aromatic heterocycles. The first-order chi connectivity index (χ1) is 18.1. The standard InChI is InChI=1S/C24H17BrCl4N4O5/c1-37-19-8-12(10-30-33-24(36)23(35)32-18-4-2-3-16(27)21(18)29)7-14(25)22(19)38-11-20(34)31-13-5-6-15(26)17(28)9-13/h2-10H,11H2,1H3,(H,31,34)(H,32,35)(H,33,36)/b30-10-. The van der Waals surface area contributed by atoms with Gasteiger partial charge in [-0.2, -0.15) is 5.10 Å². The largest absolute Gasteiger partial charge is 0.493 e. The van der Waals surface area contributed by atoms with Crippen LogP contribution in [0.4, 0.5) is 11.4 Å². The number of hydrogen-bond donors (Lipinski definition) is 3. The zero-order chi connectivity index (χ0) is 27.8. The van der Waals surface area contributed by atoms with Crippen LogP contribution in [0.3, 0.4) is 0 Å². The molecule has 3 amide bonds. The zero-order valence-electron chi connectivity index (χ0n) is 19.3. The van der Waals surface area contributed by atoms with Crippen LogP contribution in [0, 0.1) is 0 Å². The summed E-state index contributed by atoms with van der Waals surface area (Å²) >= 11 is 27.1. The van der Waals surface area contributed by atoms with E-state index in [1.54, 1.807) is 36.4 Å². The van der Waals surface area contributed by atoms with Gasteiger partial charge in [0, 0.05) is 5.69 Å². The Bertz CT molecular complexity index is 1420. The summed E-state index contributed by atoms with van der Waals surface area (Å²) in [4.78, 5) is 36.5. The van der Waals surface area contributed by atoms with Gasteiger partial charge in [-0.15, -0.1) is 0 Å². The number of hydrazone groups is 1. The van der Waals surface area contributed by atoms with E-state index in [9.17, 15) is 14.4 Å². The summed E-state index contributed by atoms with van der Waals surface area (Å²) in [5, 5.41) is 9.76. The van der Waals surface area contributed by atoms with Crippen molar-refractivity contribution in [1.29, 1.82) is 0 Å². The lowest BCUT2D eigenvalue weighted by molar-refractivity contribution is -0.136. The third-order valence-corrected chi connectivity index (χ3v) is 6.74. The van der Waals surface area contributed by atoms with Crippen LogP contribution in [-0.2, 0) is 14.4 Å². The van der Waals surface area contributed by atoms with Crippen molar-refractivity contribution in [3.8, 4) is 11.5 Å². The number of benzene rings is 3. The molecule has 38 heavy (non-hydrogen) atoms. The molecule has 9 nitrogen and oxygen atoms in total. The van der Waals surface area contributed by atoms with Gasteiger partial charge in [0.25, 0.3) is 5.91 Å². The van der Waals surface area contributed by atoms with Crippen molar-refractivity contribution in [2.45, 2.75) is 0 Å². The SMILES string of the molecule is COc1cc(/C=N\NC(=O)C(=O)Nc2cccc(Cl)c2Cl)cc(Br)c1OCC(=O)Nc1ccc(Cl)c(Cl)c1. The maximum absolute atomic E-state index is 12.3. The van der Waals surface area contributed by atoms with Gasteiger partial charge < -0.3 is 20.1 Å². The maximum Gasteiger partial charge on any atom is 0.329 e. The van der Waals surface area contributed by atoms with Crippen molar-refractivity contribution in [1.82, 2.24) is 5.43 Å². The van der Waals surface area contributed by atoms with Crippen molar-refractivity contribution in [3.05, 3.63) is 78.7 Å². The second-order valence-corrected chi connectivity index (χ2v) is 9.71. The van der Waals surface area contributed by atoms with E-state index in [0.717, 1.165) is 0 Å². The van der Waals surface area contributed by atoms with Crippen LogP contribution in [0.5, 0.6) is 11.5 Å². The third-order valence-electron chi connectivity index (χ3n) is 4.59. The fraction of sp³-hybridized carbons (Fsp3) is 0.0833. The average molecular weight is 663 g/mol. The molecule has 198 valence electrons. The van der Waals surface area contributed by atoms with Crippen molar-refractivity contribution in [3.63, 3.8) is 0 Å². The first kappa shape index (κ1) is 29.5. The molecule has 14 heteroatoms. The third kappa shape index (κ3) is 7.99. The van der Waals surface area contributed by atoms with E-state index in [0.29, 0.717) is 25.8 Å². The molecule has 0 aliphatic rings. The van der Waals surface area contributed by atoms with Gasteiger partial charge in [-0.05, 0) is 64.0 Å². The lowest BCUT2D eigenvalue weighted by Gasteiger charge is -2.13. The summed E-state index contributed by atoms with van der Waals surface area (Å²) in [6.07, 6.45) is 1.28. The summed E-state index contributed by atoms with van der Waals surface area (Å²) in [6, 6.07) is 12.4. The fourth-order valence-electron chi connectivity index (χ4n) is 2.86. The molecule has 3 aromatic rings. The highest BCUT2D eigenvalue weighted by atomic mass is 79.9. The highest BCUT2D eigenvalue weighted by Crippen LogP contribution is 2.36. The lowest BCUT2D eigenvalue weighted by atomic mass is 10.2. The van der Waals surface area contributed by atoms with Crippen LogP contribution in [0.1, 0.15) is 5.56 Å². The van der Waals surface area contributed by atoms with Crippen molar-refractivity contribution >= 4 is 97.6 Å². The van der Waals surface area contributed by atoms with Crippen LogP contribution in [0.2, 0.25) is 20.1 Å². The van der Waals surface area contributed by atoms with E-state index in [2.05, 4.69) is 37.1 Å². The van der Waals surface area contributed by atoms with Gasteiger partial charge in [-0.25, -0.2) is 5.43 Å². The van der Waals surface area contributed by atoms with Gasteiger partial charge >= 0.3 is 11.8 Å². The maximum atomic E-state index is 12.3. The number of anilines is 2. The van der Waals surface area contributed by atoms with Gasteiger partial charge in [0.1, 0.15) is 0 Å². The van der Waals surface area contributed by atoms with E-state index >= 15 is 0 Å². The summed E-state index contributed by atoms with van der Waals surface area (Å²) in [5.74, 6) is -1.93. The molecule has 0 aliphatic carbocycles. The number of nitrogens with zero attached hydrogens (tertiary/aromatic N) is 1. The van der Waals surface area contributed by atoms with Crippen LogP contribution >= 0.6 is 62.3 Å². The molecule has 3 rings (SSSR count). The number of hydrogen-bond acceptors (Lipinski definition) is 6. The summed E-state index contributed by atoms with van der Waals surface area (Å²) in [5.41, 5.74) is 3.23. The first-order valence-electron chi connectivity index (χ1n) is 10.4. The van der Waals surface area contributed by atoms with E-state index < -0.39 is 17.7 Å². The van der Waals surface area contributed by atoms with Crippen molar-refractivity contribution < 1.29 is 23.9 Å². The van der Waals surface area contributed by atoms with E-state index in [1.807, 2.05) is 0 Å². The molecule has 0 bridgehead atoms. The van der Waals surface area contributed by atoms with E-state index in [4.69, 9.17) is 55.9 Å². The van der Waals surface area contributed by atoms with Gasteiger partial charge in [0.15, 0.2) is 18.1 Å². The van der Waals surface area contributed by atoms with Gasteiger partial charge in [0.05, 0.1) is 43.6 Å². The molecule has 0 radical (unpaired) electrons. The minimum atomic E-state index is -1.03. The molecule has 0 saturated carbocycles. The highest BCUT2D eigenvalue weighted by Gasteiger charge is 2.16. The average Bonchev–Trinajstić information content (AvgIpc) is 2.87. The Labute approximate surface area is 245 Å². The molecular formula is C24H17BrCl4N4O5. The zero-order valence-corrected chi connectivity index (χ0v) is 23.9. The second-order valence-electron chi connectivity index (χ2n) is 7.25. The monoisotopic (exact) mass is 660 g/mol. The number of nitrogens with one attached hydrogen (secondary N) is 3. The molecule has 3 N–H and O–H groups in total. The number of carbonyl (C=O) groups excluding carboxylic acids is 3. The Balaban J connectivity index is 1.59. The summed E-state index contributed by atoms with van der Waals surface area (Å²) < 4.78 is 11.4. The van der Waals surface area contributed by atoms with Gasteiger partial charge in [0.2, 0.25) is 0 Å². The number of rotatable bonds is 8. The molecular weight excluding hydrogens is 646 g/mol. The predicted molar refractivity (Wildman–Crippen MR) is 152 cm³/mol. The Morgan fingerprint density at radius 3 is 2.42 bits per heavy atom. The highest BCUT2D eigenvalue weighted by molar-refractivity contribution is 9.10. The smallest absolute Gasteiger partial charge is 0.329 e. The number of halogens is 5. The molecule has 0 spiro atoms. The van der Waals surface area contributed by atoms with Gasteiger partial charge in [-0.3, -0.25) is 14.4 Å². The minimum absolute atomic E-state index is 0.102. The van der Waals surface area contributed by atoms with Crippen molar-refractivity contribution in [2.75, 3.05) is 24.4 Å². The molecule has 3 aromatic carbocycles. The Kier molecular flexibility index (Phi) is 10.6. The lowest BCUT2D eigenvalue weighted by Crippen LogP contribution is -2.32. The predicted octanol–water partition coefficient (Wildman–Crippen LogP) is 6.18. The first-order valence-corrected chi connectivity index (χ1v) is 12.7. The molecule has 0 unspecified atom stereocenters. The summed E-state index contributed by atoms with van der Waals surface area (Å²) in [6.45, 7) is -0.329. The van der Waals surface area contributed by atoms with Gasteiger partial charge in [-0.1, -0.05) is 52.5 Å². The number of methoxy groups -OCH3 is 1. The molecule has 0 saturated heterocycles. The normalized spacial score (nSPS) is 10.7. The topological polar surface area (TPSA) is 118 Å². The van der Waals surface area contributed by atoms with E-state index in [1.165, 1.54) is 25.5 Å². The quantitative estimate of drug-likeness (QED) is 0.151. The number of ether oxygens (including phenoxy) is 2. The number of carbonyl (C=O) groups is 3. The minimum Gasteiger partial charge on any atom is -0.493 e. The molecule has 0 atom stereocenters. The van der Waals surface area contributed by atoms with Crippen LogP contribution in [-0.4, -0.2) is 37.7 Å². The fourth-order valence-corrected chi connectivity index (χ4v) is 4.08. The Morgan fingerprint density at radius 1 is 0.947 bits per heavy atom. The van der Waals surface area contributed by atoms with E-state index in [-0.39, 0.29) is 33.8 Å². The van der Waals surface area contributed by atoms with Crippen LogP contribution < -0.4 is 25.5 Å². The Morgan fingerprint density at radius 2 is 1.71 bits per heavy atom. The van der Waals surface area contributed by atoms with Crippen molar-refractivity contribution in [2.24, 2.45) is 5.10 Å². The molecule has 0 heterocycles. The van der Waals surface area contributed by atoms with Crippen LogP contribution in [0.15, 0.2) is 58.1 Å². The summed E-state index contributed by atoms with van der Waals surface area (Å²) in [7, 11) is 1.42.